The van der Waals surface area contributed by atoms with Gasteiger partial charge in [0.1, 0.15) is 5.82 Å². The van der Waals surface area contributed by atoms with Crippen molar-refractivity contribution in [2.24, 2.45) is 5.92 Å². The highest BCUT2D eigenvalue weighted by atomic mass is 19.1. The molecular formula is C19H26FN3O3. The number of methoxy groups -OCH3 is 1. The van der Waals surface area contributed by atoms with E-state index in [0.717, 1.165) is 18.7 Å². The zero-order chi connectivity index (χ0) is 18.5. The molecule has 2 saturated heterocycles. The summed E-state index contributed by atoms with van der Waals surface area (Å²) < 4.78 is 18.3. The largest absolute Gasteiger partial charge is 0.383 e. The van der Waals surface area contributed by atoms with Gasteiger partial charge in [0.2, 0.25) is 11.8 Å². The van der Waals surface area contributed by atoms with E-state index >= 15 is 0 Å². The van der Waals surface area contributed by atoms with Crippen LogP contribution in [-0.2, 0) is 20.9 Å². The van der Waals surface area contributed by atoms with E-state index < -0.39 is 0 Å². The SMILES string of the molecule is COCCN1C[C@H](C(=O)N2CCN(Cc3cccc(F)c3)CC2)CC1=O. The Morgan fingerprint density at radius 1 is 1.27 bits per heavy atom. The van der Waals surface area contributed by atoms with Crippen molar-refractivity contribution in [3.8, 4) is 0 Å². The van der Waals surface area contributed by atoms with E-state index in [9.17, 15) is 14.0 Å². The molecule has 0 aromatic heterocycles. The summed E-state index contributed by atoms with van der Waals surface area (Å²) in [7, 11) is 1.60. The van der Waals surface area contributed by atoms with Crippen LogP contribution in [0.15, 0.2) is 24.3 Å². The fourth-order valence-corrected chi connectivity index (χ4v) is 3.63. The molecule has 0 bridgehead atoms. The second-order valence-electron chi connectivity index (χ2n) is 6.96. The van der Waals surface area contributed by atoms with E-state index in [-0.39, 0.29) is 23.5 Å². The number of likely N-dealkylation sites (tertiary alicyclic amines) is 1. The van der Waals surface area contributed by atoms with Crippen LogP contribution >= 0.6 is 0 Å². The topological polar surface area (TPSA) is 53.1 Å². The Morgan fingerprint density at radius 3 is 2.73 bits per heavy atom. The lowest BCUT2D eigenvalue weighted by atomic mass is 10.1. The summed E-state index contributed by atoms with van der Waals surface area (Å²) in [6, 6.07) is 6.63. The molecule has 7 heteroatoms. The van der Waals surface area contributed by atoms with Crippen LogP contribution in [0, 0.1) is 11.7 Å². The smallest absolute Gasteiger partial charge is 0.228 e. The molecule has 2 heterocycles. The van der Waals surface area contributed by atoms with Gasteiger partial charge in [-0.1, -0.05) is 12.1 Å². The minimum Gasteiger partial charge on any atom is -0.383 e. The van der Waals surface area contributed by atoms with E-state index in [2.05, 4.69) is 4.90 Å². The summed E-state index contributed by atoms with van der Waals surface area (Å²) in [5.74, 6) is -0.358. The highest BCUT2D eigenvalue weighted by Gasteiger charge is 2.36. The van der Waals surface area contributed by atoms with Gasteiger partial charge in [-0.2, -0.15) is 0 Å². The van der Waals surface area contributed by atoms with Gasteiger partial charge < -0.3 is 14.5 Å². The molecule has 26 heavy (non-hydrogen) atoms. The average Bonchev–Trinajstić information content (AvgIpc) is 3.01. The minimum absolute atomic E-state index is 0.0325. The lowest BCUT2D eigenvalue weighted by Gasteiger charge is -2.36. The van der Waals surface area contributed by atoms with Gasteiger partial charge in [0.25, 0.3) is 0 Å². The molecule has 0 aliphatic carbocycles. The van der Waals surface area contributed by atoms with Crippen LogP contribution in [0.25, 0.3) is 0 Å². The zero-order valence-corrected chi connectivity index (χ0v) is 15.2. The predicted molar refractivity (Wildman–Crippen MR) is 94.8 cm³/mol. The number of carbonyl (C=O) groups excluding carboxylic acids is 2. The molecule has 0 unspecified atom stereocenters. The third-order valence-electron chi connectivity index (χ3n) is 5.11. The maximum Gasteiger partial charge on any atom is 0.228 e. The molecular weight excluding hydrogens is 337 g/mol. The van der Waals surface area contributed by atoms with Gasteiger partial charge in [-0.3, -0.25) is 14.5 Å². The van der Waals surface area contributed by atoms with Crippen molar-refractivity contribution in [1.82, 2.24) is 14.7 Å². The number of hydrogen-bond donors (Lipinski definition) is 0. The standard InChI is InChI=1S/C19H26FN3O3/c1-26-10-9-23-14-16(12-18(23)24)19(25)22-7-5-21(6-8-22)13-15-3-2-4-17(20)11-15/h2-4,11,16H,5-10,12-14H2,1H3/t16-/m1/s1. The lowest BCUT2D eigenvalue weighted by Crippen LogP contribution is -2.50. The summed E-state index contributed by atoms with van der Waals surface area (Å²) in [4.78, 5) is 30.5. The van der Waals surface area contributed by atoms with E-state index in [4.69, 9.17) is 4.74 Å². The summed E-state index contributed by atoms with van der Waals surface area (Å²) in [5, 5.41) is 0. The molecule has 142 valence electrons. The van der Waals surface area contributed by atoms with Gasteiger partial charge in [0.05, 0.1) is 12.5 Å². The molecule has 6 nitrogen and oxygen atoms in total. The molecule has 1 aromatic rings. The summed E-state index contributed by atoms with van der Waals surface area (Å²) >= 11 is 0. The van der Waals surface area contributed by atoms with Crippen LogP contribution in [0.3, 0.4) is 0 Å². The fourth-order valence-electron chi connectivity index (χ4n) is 3.63. The van der Waals surface area contributed by atoms with Crippen LogP contribution in [0.2, 0.25) is 0 Å². The number of ether oxygens (including phenoxy) is 1. The number of halogens is 1. The van der Waals surface area contributed by atoms with Gasteiger partial charge >= 0.3 is 0 Å². The fraction of sp³-hybridized carbons (Fsp3) is 0.579. The Balaban J connectivity index is 1.47. The summed E-state index contributed by atoms with van der Waals surface area (Å²) in [6.45, 7) is 5.03. The molecule has 2 amide bonds. The van der Waals surface area contributed by atoms with Crippen molar-refractivity contribution in [3.05, 3.63) is 35.6 Å². The van der Waals surface area contributed by atoms with E-state index in [1.54, 1.807) is 24.1 Å². The monoisotopic (exact) mass is 363 g/mol. The normalized spacial score (nSPS) is 21.5. The van der Waals surface area contributed by atoms with Gasteiger partial charge in [-0.25, -0.2) is 4.39 Å². The van der Waals surface area contributed by atoms with Crippen LogP contribution in [0.4, 0.5) is 4.39 Å². The van der Waals surface area contributed by atoms with Gasteiger partial charge in [0, 0.05) is 59.3 Å². The molecule has 2 fully saturated rings. The van der Waals surface area contributed by atoms with Crippen molar-refractivity contribution in [3.63, 3.8) is 0 Å². The second kappa shape index (κ2) is 8.60. The third-order valence-corrected chi connectivity index (χ3v) is 5.11. The molecule has 0 radical (unpaired) electrons. The molecule has 1 aromatic carbocycles. The van der Waals surface area contributed by atoms with E-state index in [0.29, 0.717) is 45.8 Å². The van der Waals surface area contributed by atoms with Crippen LogP contribution in [0.1, 0.15) is 12.0 Å². The average molecular weight is 363 g/mol. The van der Waals surface area contributed by atoms with Crippen molar-refractivity contribution in [1.29, 1.82) is 0 Å². The maximum atomic E-state index is 13.3. The summed E-state index contributed by atoms with van der Waals surface area (Å²) in [6.07, 6.45) is 0.298. The highest BCUT2D eigenvalue weighted by molar-refractivity contribution is 5.89. The lowest BCUT2D eigenvalue weighted by molar-refractivity contribution is -0.137. The van der Waals surface area contributed by atoms with Crippen LogP contribution in [0.5, 0.6) is 0 Å². The van der Waals surface area contributed by atoms with Crippen molar-refractivity contribution in [2.45, 2.75) is 13.0 Å². The first kappa shape index (κ1) is 18.8. The van der Waals surface area contributed by atoms with E-state index in [1.165, 1.54) is 6.07 Å². The Labute approximate surface area is 153 Å². The van der Waals surface area contributed by atoms with Crippen molar-refractivity contribution >= 4 is 11.8 Å². The van der Waals surface area contributed by atoms with Gasteiger partial charge in [-0.05, 0) is 17.7 Å². The van der Waals surface area contributed by atoms with Gasteiger partial charge in [-0.15, -0.1) is 0 Å². The quantitative estimate of drug-likeness (QED) is 0.756. The molecule has 2 aliphatic heterocycles. The Hall–Kier alpha value is -1.99. The second-order valence-corrected chi connectivity index (χ2v) is 6.96. The molecule has 0 spiro atoms. The number of amides is 2. The maximum absolute atomic E-state index is 13.3. The first-order chi connectivity index (χ1) is 12.6. The number of carbonyl (C=O) groups is 2. The van der Waals surface area contributed by atoms with E-state index in [1.807, 2.05) is 11.0 Å². The molecule has 3 rings (SSSR count). The molecule has 0 N–H and O–H groups in total. The molecule has 2 aliphatic rings. The van der Waals surface area contributed by atoms with Crippen molar-refractivity contribution < 1.29 is 18.7 Å². The van der Waals surface area contributed by atoms with Crippen molar-refractivity contribution in [2.75, 3.05) is 53.0 Å². The Morgan fingerprint density at radius 2 is 2.04 bits per heavy atom. The zero-order valence-electron chi connectivity index (χ0n) is 15.2. The highest BCUT2D eigenvalue weighted by Crippen LogP contribution is 2.21. The third kappa shape index (κ3) is 4.59. The summed E-state index contributed by atoms with van der Waals surface area (Å²) in [5.41, 5.74) is 0.944. The Kier molecular flexibility index (Phi) is 6.21. The number of hydrogen-bond acceptors (Lipinski definition) is 4. The number of rotatable bonds is 6. The van der Waals surface area contributed by atoms with Crippen LogP contribution in [-0.4, -0.2) is 79.5 Å². The number of benzene rings is 1. The van der Waals surface area contributed by atoms with Gasteiger partial charge in [0.15, 0.2) is 0 Å². The number of piperazine rings is 1. The number of nitrogens with zero attached hydrogens (tertiary/aromatic N) is 3. The molecule has 1 atom stereocenters. The minimum atomic E-state index is -0.242. The first-order valence-electron chi connectivity index (χ1n) is 9.09. The molecule has 0 saturated carbocycles. The Bertz CT molecular complexity index is 647. The van der Waals surface area contributed by atoms with Crippen LogP contribution < -0.4 is 0 Å². The predicted octanol–water partition coefficient (Wildman–Crippen LogP) is 0.965. The first-order valence-corrected chi connectivity index (χ1v) is 9.09.